The van der Waals surface area contributed by atoms with E-state index in [9.17, 15) is 4.79 Å². The van der Waals surface area contributed by atoms with E-state index in [1.54, 1.807) is 0 Å². The van der Waals surface area contributed by atoms with Gasteiger partial charge in [-0.05, 0) is 37.6 Å². The first-order chi connectivity index (χ1) is 8.06. The van der Waals surface area contributed by atoms with Gasteiger partial charge in [0, 0.05) is 35.7 Å². The van der Waals surface area contributed by atoms with Crippen LogP contribution in [0.4, 0.5) is 0 Å². The fourth-order valence-corrected chi connectivity index (χ4v) is 2.77. The van der Waals surface area contributed by atoms with Crippen LogP contribution in [0, 0.1) is 6.92 Å². The molecule has 1 aliphatic heterocycles. The first-order valence-electron chi connectivity index (χ1n) is 5.86. The zero-order valence-corrected chi connectivity index (χ0v) is 13.0. The van der Waals surface area contributed by atoms with Gasteiger partial charge in [0.25, 0.3) is 5.91 Å². The number of nitrogens with zero attached hydrogens (tertiary/aromatic N) is 1. The summed E-state index contributed by atoms with van der Waals surface area (Å²) in [7, 11) is 0. The monoisotopic (exact) mass is 332 g/mol. The number of amides is 1. The average molecular weight is 334 g/mol. The van der Waals surface area contributed by atoms with Gasteiger partial charge < -0.3 is 10.2 Å². The maximum Gasteiger partial charge on any atom is 0.253 e. The molecular weight excluding hydrogens is 316 g/mol. The van der Waals surface area contributed by atoms with E-state index in [4.69, 9.17) is 0 Å². The summed E-state index contributed by atoms with van der Waals surface area (Å²) in [6.45, 7) is 6.55. The molecule has 1 aliphatic rings. The lowest BCUT2D eigenvalue weighted by atomic mass is 10.1. The highest BCUT2D eigenvalue weighted by atomic mass is 79.9. The third-order valence-corrected chi connectivity index (χ3v) is 3.40. The maximum atomic E-state index is 12.3. The van der Waals surface area contributed by atoms with Crippen molar-refractivity contribution >= 4 is 34.2 Å². The Morgan fingerprint density at radius 2 is 2.17 bits per heavy atom. The maximum absolute atomic E-state index is 12.3. The van der Waals surface area contributed by atoms with Crippen molar-refractivity contribution in [1.29, 1.82) is 0 Å². The molecule has 18 heavy (non-hydrogen) atoms. The van der Waals surface area contributed by atoms with Crippen molar-refractivity contribution in [3.63, 3.8) is 0 Å². The van der Waals surface area contributed by atoms with Crippen molar-refractivity contribution in [2.75, 3.05) is 19.6 Å². The second-order valence-electron chi connectivity index (χ2n) is 4.62. The van der Waals surface area contributed by atoms with Gasteiger partial charge >= 0.3 is 0 Å². The highest BCUT2D eigenvalue weighted by molar-refractivity contribution is 9.10. The molecule has 0 radical (unpaired) electrons. The van der Waals surface area contributed by atoms with E-state index in [1.807, 2.05) is 30.0 Å². The highest BCUT2D eigenvalue weighted by Gasteiger charge is 2.21. The smallest absolute Gasteiger partial charge is 0.253 e. The fourth-order valence-electron chi connectivity index (χ4n) is 2.16. The molecule has 0 bridgehead atoms. The van der Waals surface area contributed by atoms with Crippen molar-refractivity contribution in [3.8, 4) is 0 Å². The van der Waals surface area contributed by atoms with E-state index in [2.05, 4.69) is 28.2 Å². The summed E-state index contributed by atoms with van der Waals surface area (Å²) < 4.78 is 0.962. The molecule has 0 saturated carbocycles. The number of carbonyl (C=O) groups is 1. The summed E-state index contributed by atoms with van der Waals surface area (Å²) in [6.07, 6.45) is 0. The molecule has 3 nitrogen and oxygen atoms in total. The Labute approximate surface area is 122 Å². The molecule has 1 fully saturated rings. The van der Waals surface area contributed by atoms with Gasteiger partial charge in [-0.3, -0.25) is 4.79 Å². The molecule has 2 rings (SSSR count). The van der Waals surface area contributed by atoms with Crippen LogP contribution < -0.4 is 5.32 Å². The number of hydrogen-bond donors (Lipinski definition) is 1. The molecule has 1 N–H and O–H groups in total. The predicted molar refractivity (Wildman–Crippen MR) is 79.5 cm³/mol. The van der Waals surface area contributed by atoms with Crippen LogP contribution in [0.1, 0.15) is 22.8 Å². The zero-order chi connectivity index (χ0) is 12.4. The largest absolute Gasteiger partial charge is 0.336 e. The Balaban J connectivity index is 0.00000162. The van der Waals surface area contributed by atoms with E-state index in [0.717, 1.165) is 35.2 Å². The number of nitrogens with one attached hydrogen (secondary N) is 1. The van der Waals surface area contributed by atoms with Crippen molar-refractivity contribution < 1.29 is 4.79 Å². The Hall–Kier alpha value is -0.580. The number of carbonyl (C=O) groups excluding carboxylic acids is 1. The Morgan fingerprint density at radius 3 is 2.78 bits per heavy atom. The fraction of sp³-hybridized carbons (Fsp3) is 0.462. The summed E-state index contributed by atoms with van der Waals surface area (Å²) >= 11 is 3.43. The van der Waals surface area contributed by atoms with Crippen LogP contribution in [0.3, 0.4) is 0 Å². The Kier molecular flexibility index (Phi) is 5.63. The molecule has 1 heterocycles. The van der Waals surface area contributed by atoms with Crippen molar-refractivity contribution in [2.45, 2.75) is 19.9 Å². The quantitative estimate of drug-likeness (QED) is 0.857. The van der Waals surface area contributed by atoms with Crippen LogP contribution in [-0.4, -0.2) is 36.5 Å². The van der Waals surface area contributed by atoms with Crippen molar-refractivity contribution in [1.82, 2.24) is 10.2 Å². The third-order valence-electron chi connectivity index (χ3n) is 2.95. The molecule has 1 atom stereocenters. The number of hydrogen-bond acceptors (Lipinski definition) is 2. The molecule has 0 unspecified atom stereocenters. The lowest BCUT2D eigenvalue weighted by Gasteiger charge is -2.32. The summed E-state index contributed by atoms with van der Waals surface area (Å²) in [5.41, 5.74) is 1.87. The molecule has 5 heteroatoms. The molecule has 0 aromatic heterocycles. The van der Waals surface area contributed by atoms with Gasteiger partial charge in [0.2, 0.25) is 0 Å². The normalized spacial score (nSPS) is 19.3. The molecule has 1 saturated heterocycles. The number of piperazine rings is 1. The third kappa shape index (κ3) is 3.70. The van der Waals surface area contributed by atoms with Crippen LogP contribution in [0.5, 0.6) is 0 Å². The lowest BCUT2D eigenvalue weighted by molar-refractivity contribution is 0.0709. The van der Waals surface area contributed by atoms with Crippen molar-refractivity contribution in [2.24, 2.45) is 0 Å². The second-order valence-corrected chi connectivity index (χ2v) is 5.54. The van der Waals surface area contributed by atoms with Gasteiger partial charge in [0.05, 0.1) is 0 Å². The van der Waals surface area contributed by atoms with Crippen LogP contribution in [0.25, 0.3) is 0 Å². The van der Waals surface area contributed by atoms with E-state index >= 15 is 0 Å². The molecule has 100 valence electrons. The SMILES string of the molecule is Cc1cc(Br)cc(C(=O)N2CCN[C@H](C)C2)c1.Cl. The number of aryl methyl sites for hydroxylation is 1. The Bertz CT molecular complexity index is 419. The van der Waals surface area contributed by atoms with Gasteiger partial charge in [-0.15, -0.1) is 12.4 Å². The molecule has 1 aromatic carbocycles. The van der Waals surface area contributed by atoms with E-state index in [0.29, 0.717) is 6.04 Å². The van der Waals surface area contributed by atoms with E-state index in [-0.39, 0.29) is 18.3 Å². The summed E-state index contributed by atoms with van der Waals surface area (Å²) in [5.74, 6) is 0.128. The van der Waals surface area contributed by atoms with Gasteiger partial charge in [-0.2, -0.15) is 0 Å². The van der Waals surface area contributed by atoms with Crippen LogP contribution in [0.2, 0.25) is 0 Å². The lowest BCUT2D eigenvalue weighted by Crippen LogP contribution is -2.51. The van der Waals surface area contributed by atoms with Crippen molar-refractivity contribution in [3.05, 3.63) is 33.8 Å². The standard InChI is InChI=1S/C13H17BrN2O.ClH/c1-9-5-11(7-12(14)6-9)13(17)16-4-3-15-10(2)8-16;/h5-7,10,15H,3-4,8H2,1-2H3;1H/t10-;/m1./s1. The molecular formula is C13H18BrClN2O. The molecule has 1 amide bonds. The minimum absolute atomic E-state index is 0. The van der Waals surface area contributed by atoms with Gasteiger partial charge in [0.1, 0.15) is 0 Å². The van der Waals surface area contributed by atoms with Gasteiger partial charge in [-0.25, -0.2) is 0 Å². The van der Waals surface area contributed by atoms with E-state index in [1.165, 1.54) is 0 Å². The summed E-state index contributed by atoms with van der Waals surface area (Å²) in [4.78, 5) is 14.2. The molecule has 1 aromatic rings. The minimum Gasteiger partial charge on any atom is -0.336 e. The zero-order valence-electron chi connectivity index (χ0n) is 10.6. The van der Waals surface area contributed by atoms with Crippen LogP contribution in [0.15, 0.2) is 22.7 Å². The number of benzene rings is 1. The van der Waals surface area contributed by atoms with Crippen LogP contribution >= 0.6 is 28.3 Å². The summed E-state index contributed by atoms with van der Waals surface area (Å²) in [6, 6.07) is 6.22. The minimum atomic E-state index is 0. The summed E-state index contributed by atoms with van der Waals surface area (Å²) in [5, 5.41) is 3.34. The Morgan fingerprint density at radius 1 is 1.44 bits per heavy atom. The number of halogens is 2. The molecule has 0 aliphatic carbocycles. The topological polar surface area (TPSA) is 32.3 Å². The van der Waals surface area contributed by atoms with E-state index < -0.39 is 0 Å². The highest BCUT2D eigenvalue weighted by Crippen LogP contribution is 2.17. The van der Waals surface area contributed by atoms with Gasteiger partial charge in [0.15, 0.2) is 0 Å². The average Bonchev–Trinajstić information content (AvgIpc) is 2.26. The van der Waals surface area contributed by atoms with Crippen LogP contribution in [-0.2, 0) is 0 Å². The predicted octanol–water partition coefficient (Wildman–Crippen LogP) is 2.61. The second kappa shape index (κ2) is 6.55. The first-order valence-corrected chi connectivity index (χ1v) is 6.65. The molecule has 0 spiro atoms. The van der Waals surface area contributed by atoms with Gasteiger partial charge in [-0.1, -0.05) is 15.9 Å². The number of rotatable bonds is 1. The first kappa shape index (κ1) is 15.5.